The minimum absolute atomic E-state index is 0.0536. The molecular weight excluding hydrogens is 398 g/mol. The molecule has 4 rings (SSSR count). The molecule has 2 saturated carbocycles. The number of hydrogen-bond donors (Lipinski definition) is 1. The van der Waals surface area contributed by atoms with Gasteiger partial charge in [-0.05, 0) is 70.5 Å². The van der Waals surface area contributed by atoms with Crippen molar-refractivity contribution in [3.63, 3.8) is 0 Å². The molecular formula is C27H43N3O2. The molecule has 1 spiro atoms. The Balaban J connectivity index is 1.51. The van der Waals surface area contributed by atoms with E-state index in [1.807, 2.05) is 6.92 Å². The third-order valence-electron chi connectivity index (χ3n) is 8.86. The molecule has 1 saturated heterocycles. The van der Waals surface area contributed by atoms with Gasteiger partial charge in [-0.2, -0.15) is 0 Å². The predicted molar refractivity (Wildman–Crippen MR) is 129 cm³/mol. The molecule has 5 heteroatoms. The van der Waals surface area contributed by atoms with Crippen molar-refractivity contribution in [3.05, 3.63) is 35.9 Å². The third kappa shape index (κ3) is 4.54. The predicted octanol–water partition coefficient (Wildman–Crippen LogP) is 4.21. The van der Waals surface area contributed by atoms with Gasteiger partial charge < -0.3 is 5.11 Å². The van der Waals surface area contributed by atoms with Gasteiger partial charge in [0.25, 0.3) is 0 Å². The molecule has 3 fully saturated rings. The van der Waals surface area contributed by atoms with Crippen LogP contribution in [0, 0.1) is 5.92 Å². The fourth-order valence-electron chi connectivity index (χ4n) is 6.40. The number of hydrogen-bond acceptors (Lipinski definition) is 5. The lowest BCUT2D eigenvalue weighted by Gasteiger charge is -2.52. The highest BCUT2D eigenvalue weighted by atomic mass is 16.3. The van der Waals surface area contributed by atoms with Crippen LogP contribution in [0.2, 0.25) is 0 Å². The van der Waals surface area contributed by atoms with E-state index in [0.717, 1.165) is 57.7 Å². The van der Waals surface area contributed by atoms with Crippen LogP contribution in [0.25, 0.3) is 0 Å². The lowest BCUT2D eigenvalue weighted by atomic mass is 9.68. The number of carbonyl (C=O) groups is 1. The zero-order chi connectivity index (χ0) is 22.8. The van der Waals surface area contributed by atoms with Crippen LogP contribution in [-0.2, 0) is 10.3 Å². The summed E-state index contributed by atoms with van der Waals surface area (Å²) >= 11 is 0. The SMILES string of the molecule is CCC(=O)CCCN1CC2(CCC(c3ccccc3)(N(C)C)CC2)N(CC2CCC2)C1O. The maximum Gasteiger partial charge on any atom is 0.166 e. The minimum atomic E-state index is -0.504. The van der Waals surface area contributed by atoms with Gasteiger partial charge in [-0.15, -0.1) is 0 Å². The van der Waals surface area contributed by atoms with Crippen LogP contribution in [0.4, 0.5) is 0 Å². The van der Waals surface area contributed by atoms with Crippen LogP contribution in [0.5, 0.6) is 0 Å². The first-order chi connectivity index (χ1) is 15.4. The van der Waals surface area contributed by atoms with Crippen LogP contribution in [0.1, 0.15) is 76.7 Å². The molecule has 1 unspecified atom stereocenters. The quantitative estimate of drug-likeness (QED) is 0.622. The number of rotatable bonds is 9. The first-order valence-corrected chi connectivity index (χ1v) is 12.8. The Morgan fingerprint density at radius 1 is 1.12 bits per heavy atom. The molecule has 1 atom stereocenters. The second-order valence-electron chi connectivity index (χ2n) is 10.8. The molecule has 2 aliphatic carbocycles. The van der Waals surface area contributed by atoms with Crippen molar-refractivity contribution in [2.45, 2.75) is 88.6 Å². The summed E-state index contributed by atoms with van der Waals surface area (Å²) < 4.78 is 0. The summed E-state index contributed by atoms with van der Waals surface area (Å²) in [5.41, 5.74) is 1.54. The number of ketones is 1. The summed E-state index contributed by atoms with van der Waals surface area (Å²) in [4.78, 5) is 18.9. The molecule has 0 aromatic heterocycles. The maximum absolute atomic E-state index is 11.8. The van der Waals surface area contributed by atoms with Crippen LogP contribution in [0.3, 0.4) is 0 Å². The Kier molecular flexibility index (Phi) is 7.40. The van der Waals surface area contributed by atoms with Gasteiger partial charge >= 0.3 is 0 Å². The van der Waals surface area contributed by atoms with Gasteiger partial charge in [-0.1, -0.05) is 43.7 Å². The molecule has 5 nitrogen and oxygen atoms in total. The fourth-order valence-corrected chi connectivity index (χ4v) is 6.40. The van der Waals surface area contributed by atoms with Gasteiger partial charge in [-0.25, -0.2) is 0 Å². The van der Waals surface area contributed by atoms with E-state index in [1.54, 1.807) is 0 Å². The molecule has 1 aromatic rings. The monoisotopic (exact) mass is 441 g/mol. The first-order valence-electron chi connectivity index (χ1n) is 12.8. The van der Waals surface area contributed by atoms with Gasteiger partial charge in [0.1, 0.15) is 5.78 Å². The second kappa shape index (κ2) is 9.92. The first kappa shape index (κ1) is 23.9. The Morgan fingerprint density at radius 2 is 1.81 bits per heavy atom. The maximum atomic E-state index is 11.8. The van der Waals surface area contributed by atoms with Crippen molar-refractivity contribution in [2.24, 2.45) is 5.92 Å². The van der Waals surface area contributed by atoms with Crippen molar-refractivity contribution in [1.82, 2.24) is 14.7 Å². The van der Waals surface area contributed by atoms with Crippen molar-refractivity contribution >= 4 is 5.78 Å². The van der Waals surface area contributed by atoms with E-state index in [-0.39, 0.29) is 11.1 Å². The van der Waals surface area contributed by atoms with E-state index < -0.39 is 6.35 Å². The Bertz CT molecular complexity index is 753. The zero-order valence-electron chi connectivity index (χ0n) is 20.4. The number of aliphatic hydroxyl groups is 1. The molecule has 0 bridgehead atoms. The average molecular weight is 442 g/mol. The van der Waals surface area contributed by atoms with Gasteiger partial charge in [0.2, 0.25) is 0 Å². The largest absolute Gasteiger partial charge is 0.365 e. The van der Waals surface area contributed by atoms with Crippen molar-refractivity contribution in [1.29, 1.82) is 0 Å². The lowest BCUT2D eigenvalue weighted by molar-refractivity contribution is -0.119. The second-order valence-corrected chi connectivity index (χ2v) is 10.8. The van der Waals surface area contributed by atoms with Gasteiger partial charge in [0.15, 0.2) is 6.35 Å². The van der Waals surface area contributed by atoms with E-state index in [9.17, 15) is 9.90 Å². The van der Waals surface area contributed by atoms with Crippen molar-refractivity contribution < 1.29 is 9.90 Å². The van der Waals surface area contributed by atoms with Gasteiger partial charge in [0.05, 0.1) is 0 Å². The summed E-state index contributed by atoms with van der Waals surface area (Å²) in [6.07, 6.45) is 9.97. The normalized spacial score (nSPS) is 32.0. The van der Waals surface area contributed by atoms with Crippen LogP contribution >= 0.6 is 0 Å². The summed E-state index contributed by atoms with van der Waals surface area (Å²) in [7, 11) is 4.44. The highest BCUT2D eigenvalue weighted by molar-refractivity contribution is 5.77. The lowest BCUT2D eigenvalue weighted by Crippen LogP contribution is -2.57. The topological polar surface area (TPSA) is 47.0 Å². The van der Waals surface area contributed by atoms with Gasteiger partial charge in [0, 0.05) is 43.6 Å². The van der Waals surface area contributed by atoms with Gasteiger partial charge in [-0.3, -0.25) is 19.5 Å². The number of aliphatic hydroxyl groups excluding tert-OH is 1. The molecule has 0 amide bonds. The molecule has 32 heavy (non-hydrogen) atoms. The highest BCUT2D eigenvalue weighted by Gasteiger charge is 2.54. The van der Waals surface area contributed by atoms with Crippen molar-refractivity contribution in [3.8, 4) is 0 Å². The molecule has 0 radical (unpaired) electrons. The summed E-state index contributed by atoms with van der Waals surface area (Å²) in [6.45, 7) is 4.70. The third-order valence-corrected chi connectivity index (χ3v) is 8.86. The van der Waals surface area contributed by atoms with E-state index in [4.69, 9.17) is 0 Å². The molecule has 1 aliphatic heterocycles. The number of nitrogens with zero attached hydrogens (tertiary/aromatic N) is 3. The minimum Gasteiger partial charge on any atom is -0.365 e. The summed E-state index contributed by atoms with van der Waals surface area (Å²) in [5.74, 6) is 1.06. The van der Waals surface area contributed by atoms with E-state index >= 15 is 0 Å². The summed E-state index contributed by atoms with van der Waals surface area (Å²) in [6, 6.07) is 11.0. The number of Topliss-reactive ketones (excluding diaryl/α,β-unsaturated/α-hetero) is 1. The Labute approximate surface area is 194 Å². The molecule has 1 N–H and O–H groups in total. The standard InChI is InChI=1S/C27H43N3O2/c1-4-24(31)14-9-19-29-21-26(30(25(29)32)20-22-10-8-11-22)15-17-27(18-16-26,28(2)3)23-12-6-5-7-13-23/h5-7,12-13,22,25,32H,4,8-11,14-21H2,1-3H3. The van der Waals surface area contributed by atoms with Crippen LogP contribution in [0.15, 0.2) is 30.3 Å². The number of benzene rings is 1. The van der Waals surface area contributed by atoms with E-state index in [0.29, 0.717) is 18.6 Å². The Hall–Kier alpha value is -1.27. The van der Waals surface area contributed by atoms with Crippen molar-refractivity contribution in [2.75, 3.05) is 33.7 Å². The average Bonchev–Trinajstić information content (AvgIpc) is 3.02. The molecule has 1 aromatic carbocycles. The molecule has 178 valence electrons. The van der Waals surface area contributed by atoms with E-state index in [1.165, 1.54) is 24.8 Å². The van der Waals surface area contributed by atoms with Crippen LogP contribution in [-0.4, -0.2) is 71.2 Å². The zero-order valence-corrected chi connectivity index (χ0v) is 20.4. The summed E-state index contributed by atoms with van der Waals surface area (Å²) in [5, 5.41) is 11.4. The number of carbonyl (C=O) groups excluding carboxylic acids is 1. The highest BCUT2D eigenvalue weighted by Crippen LogP contribution is 2.50. The van der Waals surface area contributed by atoms with Crippen LogP contribution < -0.4 is 0 Å². The van der Waals surface area contributed by atoms with E-state index in [2.05, 4.69) is 59.1 Å². The smallest absolute Gasteiger partial charge is 0.166 e. The fraction of sp³-hybridized carbons (Fsp3) is 0.741. The molecule has 1 heterocycles. The Morgan fingerprint density at radius 3 is 2.38 bits per heavy atom. The molecule has 3 aliphatic rings.